The minimum Gasteiger partial charge on any atom is -0.317 e. The molecule has 0 saturated carbocycles. The van der Waals surface area contributed by atoms with Gasteiger partial charge in [-0.1, -0.05) is 13.0 Å². The fourth-order valence-corrected chi connectivity index (χ4v) is 1.02. The molecular formula is C7H17NSi. The predicted molar refractivity (Wildman–Crippen MR) is 46.9 cm³/mol. The molecule has 0 unspecified atom stereocenters. The van der Waals surface area contributed by atoms with Crippen LogP contribution >= 0.6 is 0 Å². The van der Waals surface area contributed by atoms with Crippen molar-refractivity contribution in [1.82, 2.24) is 5.32 Å². The molecule has 0 aromatic rings. The lowest BCUT2D eigenvalue weighted by molar-refractivity contribution is 0.679. The first-order chi connectivity index (χ1) is 4.41. The summed E-state index contributed by atoms with van der Waals surface area (Å²) >= 11 is 0. The zero-order chi connectivity index (χ0) is 6.95. The van der Waals surface area contributed by atoms with E-state index in [-0.39, 0.29) is 0 Å². The molecule has 0 aromatic carbocycles. The summed E-state index contributed by atoms with van der Waals surface area (Å²) in [6.07, 6.45) is 4.80. The largest absolute Gasteiger partial charge is 0.317 e. The van der Waals surface area contributed by atoms with Crippen molar-refractivity contribution in [1.29, 1.82) is 0 Å². The molecule has 0 atom stereocenters. The Balaban J connectivity index is 2.75. The van der Waals surface area contributed by atoms with E-state index in [0.29, 0.717) is 0 Å². The lowest BCUT2D eigenvalue weighted by Crippen LogP contribution is -2.13. The lowest BCUT2D eigenvalue weighted by atomic mass is 10.3. The van der Waals surface area contributed by atoms with Crippen LogP contribution in [0.5, 0.6) is 0 Å². The maximum atomic E-state index is 3.28. The van der Waals surface area contributed by atoms with E-state index in [2.05, 4.69) is 24.0 Å². The van der Waals surface area contributed by atoms with Gasteiger partial charge in [0.05, 0.1) is 0 Å². The average molecular weight is 143 g/mol. The number of unbranched alkanes of at least 4 members (excludes halogenated alkanes) is 1. The zero-order valence-corrected chi connectivity index (χ0v) is 8.48. The second-order valence-corrected chi connectivity index (χ2v) is 2.73. The Hall–Kier alpha value is -0.0831. The van der Waals surface area contributed by atoms with Gasteiger partial charge in [0.1, 0.15) is 0 Å². The smallest absolute Gasteiger partial charge is 0.0287 e. The standard InChI is InChI=1S/C7H17NSi/c1-2-8-6-4-3-5-7-9/h5,7-8H,2-4,6H2,1,9H3. The van der Waals surface area contributed by atoms with E-state index >= 15 is 0 Å². The molecule has 54 valence electrons. The summed E-state index contributed by atoms with van der Waals surface area (Å²) in [7, 11) is 1.21. The third-order valence-electron chi connectivity index (χ3n) is 1.21. The van der Waals surface area contributed by atoms with Gasteiger partial charge in [-0.15, -0.1) is 5.70 Å². The van der Waals surface area contributed by atoms with E-state index in [1.54, 1.807) is 0 Å². The number of hydrogen-bond donors (Lipinski definition) is 1. The van der Waals surface area contributed by atoms with Crippen molar-refractivity contribution < 1.29 is 0 Å². The number of nitrogens with one attached hydrogen (secondary N) is 1. The van der Waals surface area contributed by atoms with E-state index in [1.165, 1.54) is 29.6 Å². The summed E-state index contributed by atoms with van der Waals surface area (Å²) in [6, 6.07) is 0. The molecule has 0 spiro atoms. The first-order valence-corrected chi connectivity index (χ1v) is 4.89. The van der Waals surface area contributed by atoms with Gasteiger partial charge in [0.15, 0.2) is 0 Å². The Morgan fingerprint density at radius 1 is 1.56 bits per heavy atom. The summed E-state index contributed by atoms with van der Waals surface area (Å²) in [5.74, 6) is 0. The van der Waals surface area contributed by atoms with Crippen LogP contribution in [0.1, 0.15) is 19.8 Å². The molecule has 0 heterocycles. The van der Waals surface area contributed by atoms with Crippen LogP contribution in [0.25, 0.3) is 0 Å². The van der Waals surface area contributed by atoms with Crippen molar-refractivity contribution in [2.75, 3.05) is 13.1 Å². The Morgan fingerprint density at radius 3 is 2.89 bits per heavy atom. The molecule has 0 aliphatic carbocycles. The Morgan fingerprint density at radius 2 is 2.33 bits per heavy atom. The highest BCUT2D eigenvalue weighted by atomic mass is 28.1. The van der Waals surface area contributed by atoms with E-state index < -0.39 is 0 Å². The minimum absolute atomic E-state index is 1.10. The third-order valence-corrected chi connectivity index (χ3v) is 1.68. The van der Waals surface area contributed by atoms with Crippen LogP contribution in [0, 0.1) is 0 Å². The highest BCUT2D eigenvalue weighted by Gasteiger charge is 1.80. The molecule has 9 heavy (non-hydrogen) atoms. The second kappa shape index (κ2) is 7.92. The van der Waals surface area contributed by atoms with Gasteiger partial charge in [0.2, 0.25) is 0 Å². The SMILES string of the molecule is CCNCCCC=C[SiH3]. The van der Waals surface area contributed by atoms with Gasteiger partial charge in [-0.3, -0.25) is 0 Å². The fraction of sp³-hybridized carbons (Fsp3) is 0.714. The van der Waals surface area contributed by atoms with Gasteiger partial charge in [-0.2, -0.15) is 0 Å². The van der Waals surface area contributed by atoms with Crippen molar-refractivity contribution in [2.24, 2.45) is 0 Å². The van der Waals surface area contributed by atoms with Crippen LogP contribution in [0.3, 0.4) is 0 Å². The maximum absolute atomic E-state index is 3.28. The van der Waals surface area contributed by atoms with Gasteiger partial charge in [0, 0.05) is 10.2 Å². The van der Waals surface area contributed by atoms with Crippen molar-refractivity contribution in [3.8, 4) is 0 Å². The Labute approximate surface area is 61.0 Å². The van der Waals surface area contributed by atoms with E-state index in [0.717, 1.165) is 6.54 Å². The summed E-state index contributed by atoms with van der Waals surface area (Å²) in [5, 5.41) is 3.28. The van der Waals surface area contributed by atoms with Crippen molar-refractivity contribution in [3.63, 3.8) is 0 Å². The highest BCUT2D eigenvalue weighted by Crippen LogP contribution is 1.86. The van der Waals surface area contributed by atoms with Crippen LogP contribution in [0.15, 0.2) is 11.8 Å². The van der Waals surface area contributed by atoms with Gasteiger partial charge in [0.25, 0.3) is 0 Å². The quantitative estimate of drug-likeness (QED) is 0.430. The van der Waals surface area contributed by atoms with Crippen LogP contribution < -0.4 is 5.32 Å². The van der Waals surface area contributed by atoms with Gasteiger partial charge < -0.3 is 5.32 Å². The minimum atomic E-state index is 1.10. The predicted octanol–water partition coefficient (Wildman–Crippen LogP) is 0.255. The molecule has 1 N–H and O–H groups in total. The highest BCUT2D eigenvalue weighted by molar-refractivity contribution is 6.16. The molecule has 2 heteroatoms. The van der Waals surface area contributed by atoms with Gasteiger partial charge >= 0.3 is 0 Å². The molecule has 1 nitrogen and oxygen atoms in total. The molecule has 0 aliphatic rings. The molecule has 0 fully saturated rings. The summed E-state index contributed by atoms with van der Waals surface area (Å²) in [5.41, 5.74) is 2.24. The van der Waals surface area contributed by atoms with Crippen molar-refractivity contribution >= 4 is 10.2 Å². The summed E-state index contributed by atoms with van der Waals surface area (Å²) < 4.78 is 0. The van der Waals surface area contributed by atoms with Crippen LogP contribution in [-0.4, -0.2) is 23.3 Å². The molecule has 0 aliphatic heterocycles. The van der Waals surface area contributed by atoms with Gasteiger partial charge in [-0.25, -0.2) is 0 Å². The zero-order valence-electron chi connectivity index (χ0n) is 6.48. The van der Waals surface area contributed by atoms with Crippen LogP contribution in [0.4, 0.5) is 0 Å². The van der Waals surface area contributed by atoms with Crippen molar-refractivity contribution in [3.05, 3.63) is 11.8 Å². The first-order valence-electron chi connectivity index (χ1n) is 3.73. The molecule has 0 bridgehead atoms. The maximum Gasteiger partial charge on any atom is 0.0287 e. The normalized spacial score (nSPS) is 11.2. The molecule has 0 aromatic heterocycles. The fourth-order valence-electron chi connectivity index (χ4n) is 0.688. The second-order valence-electron chi connectivity index (χ2n) is 2.06. The number of hydrogen-bond acceptors (Lipinski definition) is 1. The number of allylic oxidation sites excluding steroid dienone is 1. The first kappa shape index (κ1) is 8.92. The van der Waals surface area contributed by atoms with Crippen LogP contribution in [0.2, 0.25) is 0 Å². The molecule has 0 saturated heterocycles. The lowest BCUT2D eigenvalue weighted by Gasteiger charge is -1.96. The third kappa shape index (κ3) is 7.92. The van der Waals surface area contributed by atoms with Gasteiger partial charge in [-0.05, 0) is 25.9 Å². The van der Waals surface area contributed by atoms with Crippen molar-refractivity contribution in [2.45, 2.75) is 19.8 Å². The Kier molecular flexibility index (Phi) is 7.84. The molecule has 0 rings (SSSR count). The summed E-state index contributed by atoms with van der Waals surface area (Å²) in [6.45, 7) is 4.41. The van der Waals surface area contributed by atoms with E-state index in [9.17, 15) is 0 Å². The molecule has 0 amide bonds. The topological polar surface area (TPSA) is 12.0 Å². The molecular weight excluding hydrogens is 126 g/mol. The monoisotopic (exact) mass is 143 g/mol. The van der Waals surface area contributed by atoms with E-state index in [1.807, 2.05) is 0 Å². The number of rotatable bonds is 5. The molecule has 0 radical (unpaired) electrons. The Bertz CT molecular complexity index is 71.3. The average Bonchev–Trinajstić information content (AvgIpc) is 1.89. The van der Waals surface area contributed by atoms with E-state index in [4.69, 9.17) is 0 Å². The van der Waals surface area contributed by atoms with Crippen LogP contribution in [-0.2, 0) is 0 Å². The summed E-state index contributed by atoms with van der Waals surface area (Å²) in [4.78, 5) is 0.